The van der Waals surface area contributed by atoms with Gasteiger partial charge in [-0.2, -0.15) is 5.10 Å². The maximum Gasteiger partial charge on any atom is 0.407 e. The van der Waals surface area contributed by atoms with Crippen molar-refractivity contribution in [2.75, 3.05) is 51.3 Å². The molecule has 9 nitrogen and oxygen atoms in total. The molecule has 1 N–H and O–H groups in total. The summed E-state index contributed by atoms with van der Waals surface area (Å²) in [6.07, 6.45) is 1.55. The highest BCUT2D eigenvalue weighted by Gasteiger charge is 2.20. The van der Waals surface area contributed by atoms with Gasteiger partial charge in [0, 0.05) is 44.3 Å². The van der Waals surface area contributed by atoms with Gasteiger partial charge in [0.2, 0.25) is 0 Å². The van der Waals surface area contributed by atoms with E-state index < -0.39 is 5.60 Å². The van der Waals surface area contributed by atoms with Gasteiger partial charge < -0.3 is 24.6 Å². The summed E-state index contributed by atoms with van der Waals surface area (Å²) < 4.78 is 12.9. The van der Waals surface area contributed by atoms with E-state index in [0.29, 0.717) is 13.1 Å². The number of hydrogen-bond donors (Lipinski definition) is 1. The Hall–Kier alpha value is -3.17. The second-order valence-electron chi connectivity index (χ2n) is 10.9. The van der Waals surface area contributed by atoms with Gasteiger partial charge in [-0.05, 0) is 59.4 Å². The van der Waals surface area contributed by atoms with E-state index in [0.717, 1.165) is 60.8 Å². The monoisotopic (exact) mass is 508 g/mol. The average molecular weight is 509 g/mol. The molecule has 1 aliphatic heterocycles. The van der Waals surface area contributed by atoms with Crippen molar-refractivity contribution in [2.45, 2.75) is 52.8 Å². The Kier molecular flexibility index (Phi) is 8.34. The number of amides is 1. The van der Waals surface area contributed by atoms with Crippen LogP contribution in [0.1, 0.15) is 46.2 Å². The zero-order chi connectivity index (χ0) is 26.6. The van der Waals surface area contributed by atoms with Gasteiger partial charge >= 0.3 is 6.09 Å². The molecule has 3 heterocycles. The van der Waals surface area contributed by atoms with Gasteiger partial charge in [0.15, 0.2) is 5.65 Å². The summed E-state index contributed by atoms with van der Waals surface area (Å²) in [7, 11) is 2.05. The fourth-order valence-corrected chi connectivity index (χ4v) is 4.48. The fraction of sp³-hybridized carbons (Fsp3) is 0.536. The van der Waals surface area contributed by atoms with Crippen LogP contribution in [0.2, 0.25) is 0 Å². The molecular formula is C28H40N6O3. The molecule has 2 aromatic heterocycles. The number of ether oxygens (including phenoxy) is 2. The van der Waals surface area contributed by atoms with Crippen LogP contribution in [0, 0.1) is 0 Å². The van der Waals surface area contributed by atoms with Crippen molar-refractivity contribution in [3.05, 3.63) is 42.1 Å². The molecule has 37 heavy (non-hydrogen) atoms. The molecule has 1 fully saturated rings. The highest BCUT2D eigenvalue weighted by molar-refractivity contribution is 5.92. The van der Waals surface area contributed by atoms with E-state index in [-0.39, 0.29) is 12.1 Å². The molecule has 1 amide bonds. The average Bonchev–Trinajstić information content (AvgIpc) is 3.27. The van der Waals surface area contributed by atoms with Crippen LogP contribution >= 0.6 is 0 Å². The number of nitrogens with one attached hydrogen (secondary N) is 1. The summed E-state index contributed by atoms with van der Waals surface area (Å²) in [6.45, 7) is 15.0. The van der Waals surface area contributed by atoms with Crippen LogP contribution in [0.5, 0.6) is 0 Å². The second-order valence-corrected chi connectivity index (χ2v) is 10.9. The Labute approximate surface area is 219 Å². The second kappa shape index (κ2) is 11.5. The minimum atomic E-state index is -0.498. The zero-order valence-electron chi connectivity index (χ0n) is 23.0. The number of alkyl carbamates (subject to hydrolysis) is 1. The number of carbonyl (C=O) groups excluding carboxylic acids is 1. The van der Waals surface area contributed by atoms with E-state index in [4.69, 9.17) is 14.5 Å². The first-order valence-corrected chi connectivity index (χ1v) is 13.1. The molecule has 0 saturated carbocycles. The van der Waals surface area contributed by atoms with E-state index in [1.165, 1.54) is 5.56 Å². The Morgan fingerprint density at radius 2 is 1.97 bits per heavy atom. The summed E-state index contributed by atoms with van der Waals surface area (Å²) in [5.74, 6) is 0. The highest BCUT2D eigenvalue weighted by Crippen LogP contribution is 2.32. The van der Waals surface area contributed by atoms with Crippen LogP contribution in [0.3, 0.4) is 0 Å². The molecule has 1 saturated heterocycles. The lowest BCUT2D eigenvalue weighted by atomic mass is 10.1. The molecule has 1 aliphatic rings. The van der Waals surface area contributed by atoms with Crippen molar-refractivity contribution >= 4 is 22.8 Å². The van der Waals surface area contributed by atoms with Gasteiger partial charge in [0.1, 0.15) is 5.60 Å². The number of anilines is 1. The maximum absolute atomic E-state index is 11.9. The van der Waals surface area contributed by atoms with Crippen molar-refractivity contribution in [1.82, 2.24) is 25.0 Å². The molecule has 200 valence electrons. The largest absolute Gasteiger partial charge is 0.444 e. The molecule has 0 atom stereocenters. The number of morpholine rings is 1. The van der Waals surface area contributed by atoms with Gasteiger partial charge in [-0.15, -0.1) is 0 Å². The number of likely N-dealkylation sites (N-methyl/N-ethyl adjacent to an activating group) is 1. The lowest BCUT2D eigenvalue weighted by Crippen LogP contribution is -2.36. The van der Waals surface area contributed by atoms with E-state index in [9.17, 15) is 4.79 Å². The molecule has 0 spiro atoms. The summed E-state index contributed by atoms with van der Waals surface area (Å²) in [5.41, 5.74) is 4.76. The number of fused-ring (bicyclic) bond motifs is 1. The standard InChI is InChI=1S/C28H40N6O3/c1-20(2)34-26-23(18-30-34)25(33-12-14-36-15-13-33)17-24(31-26)22-9-7-8-21(16-22)19-32(6)11-10-29-27(35)37-28(3,4)5/h7-9,16-18,20H,10-15,19H2,1-6H3,(H,29,35). The maximum atomic E-state index is 11.9. The van der Waals surface area contributed by atoms with Gasteiger partial charge in [-0.3, -0.25) is 0 Å². The first-order valence-electron chi connectivity index (χ1n) is 13.1. The zero-order valence-corrected chi connectivity index (χ0v) is 23.0. The Bertz CT molecular complexity index is 1210. The van der Waals surface area contributed by atoms with E-state index in [1.54, 1.807) is 0 Å². The highest BCUT2D eigenvalue weighted by atomic mass is 16.6. The van der Waals surface area contributed by atoms with Crippen molar-refractivity contribution < 1.29 is 14.3 Å². The number of aromatic nitrogens is 3. The van der Waals surface area contributed by atoms with Crippen LogP contribution in [0.25, 0.3) is 22.3 Å². The summed E-state index contributed by atoms with van der Waals surface area (Å²) in [5, 5.41) is 8.55. The Balaban J connectivity index is 1.52. The van der Waals surface area contributed by atoms with E-state index in [2.05, 4.69) is 64.4 Å². The van der Waals surface area contributed by atoms with Crippen molar-refractivity contribution in [1.29, 1.82) is 0 Å². The van der Waals surface area contributed by atoms with E-state index in [1.807, 2.05) is 38.7 Å². The molecular weight excluding hydrogens is 468 g/mol. The SMILES string of the molecule is CC(C)n1ncc2c(N3CCOCC3)cc(-c3cccc(CN(C)CCNC(=O)OC(C)(C)C)c3)nc21. The van der Waals surface area contributed by atoms with E-state index >= 15 is 0 Å². The van der Waals surface area contributed by atoms with Crippen LogP contribution in [-0.2, 0) is 16.0 Å². The lowest BCUT2D eigenvalue weighted by Gasteiger charge is -2.29. The fourth-order valence-electron chi connectivity index (χ4n) is 4.48. The number of rotatable bonds is 8. The normalized spacial score (nSPS) is 14.5. The van der Waals surface area contributed by atoms with Crippen LogP contribution in [0.4, 0.5) is 10.5 Å². The van der Waals surface area contributed by atoms with Gasteiger partial charge in [0.25, 0.3) is 0 Å². The predicted octanol–water partition coefficient (Wildman–Crippen LogP) is 4.47. The number of carbonyl (C=O) groups is 1. The van der Waals surface area contributed by atoms with Crippen LogP contribution in [0.15, 0.2) is 36.5 Å². The topological polar surface area (TPSA) is 84.8 Å². The quantitative estimate of drug-likeness (QED) is 0.480. The number of hydrogen-bond acceptors (Lipinski definition) is 7. The first kappa shape index (κ1) is 26.9. The van der Waals surface area contributed by atoms with Gasteiger partial charge in [-0.25, -0.2) is 14.5 Å². The molecule has 0 unspecified atom stereocenters. The minimum absolute atomic E-state index is 0.215. The molecule has 4 rings (SSSR count). The molecule has 0 aliphatic carbocycles. The summed E-state index contributed by atoms with van der Waals surface area (Å²) in [6, 6.07) is 10.9. The van der Waals surface area contributed by atoms with Crippen molar-refractivity contribution in [3.63, 3.8) is 0 Å². The molecule has 0 bridgehead atoms. The third-order valence-electron chi connectivity index (χ3n) is 6.22. The lowest BCUT2D eigenvalue weighted by molar-refractivity contribution is 0.0523. The number of nitrogens with zero attached hydrogens (tertiary/aromatic N) is 5. The van der Waals surface area contributed by atoms with Gasteiger partial charge in [0.05, 0.1) is 36.2 Å². The summed E-state index contributed by atoms with van der Waals surface area (Å²) in [4.78, 5) is 21.5. The molecule has 0 radical (unpaired) electrons. The molecule has 9 heteroatoms. The number of pyridine rings is 1. The van der Waals surface area contributed by atoms with Crippen molar-refractivity contribution in [2.24, 2.45) is 0 Å². The third kappa shape index (κ3) is 6.99. The summed E-state index contributed by atoms with van der Waals surface area (Å²) >= 11 is 0. The number of benzene rings is 1. The Morgan fingerprint density at radius 3 is 2.68 bits per heavy atom. The van der Waals surface area contributed by atoms with Crippen molar-refractivity contribution in [3.8, 4) is 11.3 Å². The van der Waals surface area contributed by atoms with Crippen LogP contribution < -0.4 is 10.2 Å². The van der Waals surface area contributed by atoms with Crippen LogP contribution in [-0.4, -0.2) is 77.8 Å². The molecule has 1 aromatic carbocycles. The predicted molar refractivity (Wildman–Crippen MR) is 147 cm³/mol. The third-order valence-corrected chi connectivity index (χ3v) is 6.22. The smallest absolute Gasteiger partial charge is 0.407 e. The first-order chi connectivity index (χ1) is 17.6. The van der Waals surface area contributed by atoms with Gasteiger partial charge in [-0.1, -0.05) is 18.2 Å². The minimum Gasteiger partial charge on any atom is -0.444 e. The molecule has 3 aromatic rings. The Morgan fingerprint density at radius 1 is 1.22 bits per heavy atom.